The first kappa shape index (κ1) is 13.8. The Morgan fingerprint density at radius 2 is 2.05 bits per heavy atom. The van der Waals surface area contributed by atoms with Crippen LogP contribution in [-0.2, 0) is 0 Å². The number of benzene rings is 1. The van der Waals surface area contributed by atoms with Crippen LogP contribution in [0.3, 0.4) is 0 Å². The van der Waals surface area contributed by atoms with E-state index in [-0.39, 0.29) is 18.7 Å². The number of hydrogen-bond acceptors (Lipinski definition) is 3. The maximum Gasteiger partial charge on any atom is 0.319 e. The van der Waals surface area contributed by atoms with E-state index < -0.39 is 0 Å². The molecule has 5 nitrogen and oxygen atoms in total. The van der Waals surface area contributed by atoms with Crippen LogP contribution in [0, 0.1) is 0 Å². The number of aliphatic hydroxyl groups is 1. The highest BCUT2D eigenvalue weighted by atomic mass is 16.3. The average Bonchev–Trinajstić information content (AvgIpc) is 3.20. The van der Waals surface area contributed by atoms with Gasteiger partial charge >= 0.3 is 6.03 Å². The molecular formula is C14H21N3O2. The summed E-state index contributed by atoms with van der Waals surface area (Å²) in [5, 5.41) is 17.6. The number of carbonyl (C=O) groups excluding carboxylic acids is 1. The molecule has 1 aromatic carbocycles. The van der Waals surface area contributed by atoms with Crippen LogP contribution in [-0.4, -0.2) is 30.3 Å². The van der Waals surface area contributed by atoms with Crippen molar-refractivity contribution >= 4 is 11.7 Å². The highest BCUT2D eigenvalue weighted by Crippen LogP contribution is 2.19. The molecule has 0 spiro atoms. The Morgan fingerprint density at radius 1 is 1.37 bits per heavy atom. The zero-order valence-corrected chi connectivity index (χ0v) is 11.1. The number of rotatable bonds is 6. The van der Waals surface area contributed by atoms with Crippen molar-refractivity contribution in [1.29, 1.82) is 0 Å². The minimum absolute atomic E-state index is 0.130. The van der Waals surface area contributed by atoms with Crippen molar-refractivity contribution in [3.05, 3.63) is 29.8 Å². The SMILES string of the molecule is CC(NCCO)c1ccc(NC(=O)NC2CC2)cc1. The van der Waals surface area contributed by atoms with E-state index in [0.717, 1.165) is 24.1 Å². The molecule has 0 aromatic heterocycles. The number of carbonyl (C=O) groups is 1. The lowest BCUT2D eigenvalue weighted by molar-refractivity contribution is 0.251. The van der Waals surface area contributed by atoms with Crippen LogP contribution in [0.4, 0.5) is 10.5 Å². The van der Waals surface area contributed by atoms with Gasteiger partial charge in [-0.15, -0.1) is 0 Å². The standard InChI is InChI=1S/C14H21N3O2/c1-10(15-8-9-18)11-2-4-12(5-3-11)16-14(19)17-13-6-7-13/h2-5,10,13,15,18H,6-9H2,1H3,(H2,16,17,19). The number of hydrogen-bond donors (Lipinski definition) is 4. The normalized spacial score (nSPS) is 15.9. The Kier molecular flexibility index (Phi) is 4.76. The lowest BCUT2D eigenvalue weighted by Gasteiger charge is -2.14. The predicted molar refractivity (Wildman–Crippen MR) is 75.1 cm³/mol. The molecule has 19 heavy (non-hydrogen) atoms. The van der Waals surface area contributed by atoms with Crippen molar-refractivity contribution in [2.24, 2.45) is 0 Å². The molecule has 1 saturated carbocycles. The van der Waals surface area contributed by atoms with E-state index in [1.165, 1.54) is 0 Å². The average molecular weight is 263 g/mol. The topological polar surface area (TPSA) is 73.4 Å². The maximum absolute atomic E-state index is 11.6. The van der Waals surface area contributed by atoms with Gasteiger partial charge < -0.3 is 21.1 Å². The molecule has 0 radical (unpaired) electrons. The van der Waals surface area contributed by atoms with Crippen molar-refractivity contribution in [3.8, 4) is 0 Å². The van der Waals surface area contributed by atoms with Gasteiger partial charge in [0.1, 0.15) is 0 Å². The number of anilines is 1. The first-order valence-electron chi connectivity index (χ1n) is 6.71. The van der Waals surface area contributed by atoms with Crippen LogP contribution in [0.5, 0.6) is 0 Å². The molecule has 0 aliphatic heterocycles. The second kappa shape index (κ2) is 6.54. The van der Waals surface area contributed by atoms with E-state index in [1.54, 1.807) is 0 Å². The van der Waals surface area contributed by atoms with E-state index in [4.69, 9.17) is 5.11 Å². The van der Waals surface area contributed by atoms with Crippen LogP contribution < -0.4 is 16.0 Å². The van der Waals surface area contributed by atoms with Crippen LogP contribution in [0.2, 0.25) is 0 Å². The van der Waals surface area contributed by atoms with Gasteiger partial charge in [0.05, 0.1) is 6.61 Å². The van der Waals surface area contributed by atoms with Gasteiger partial charge in [-0.1, -0.05) is 12.1 Å². The number of nitrogens with one attached hydrogen (secondary N) is 3. The second-order valence-electron chi connectivity index (χ2n) is 4.89. The van der Waals surface area contributed by atoms with Crippen molar-refractivity contribution in [2.75, 3.05) is 18.5 Å². The summed E-state index contributed by atoms with van der Waals surface area (Å²) in [6.45, 7) is 2.74. The van der Waals surface area contributed by atoms with Gasteiger partial charge in [-0.05, 0) is 37.5 Å². The van der Waals surface area contributed by atoms with Gasteiger partial charge in [0.25, 0.3) is 0 Å². The molecule has 1 aromatic rings. The van der Waals surface area contributed by atoms with Crippen molar-refractivity contribution < 1.29 is 9.90 Å². The quantitative estimate of drug-likeness (QED) is 0.630. The Labute approximate surface area is 113 Å². The minimum atomic E-state index is -0.137. The molecule has 1 fully saturated rings. The summed E-state index contributed by atoms with van der Waals surface area (Å²) in [6.07, 6.45) is 2.17. The van der Waals surface area contributed by atoms with Crippen LogP contribution >= 0.6 is 0 Å². The van der Waals surface area contributed by atoms with Crippen LogP contribution in [0.25, 0.3) is 0 Å². The number of aliphatic hydroxyl groups excluding tert-OH is 1. The summed E-state index contributed by atoms with van der Waals surface area (Å²) in [7, 11) is 0. The van der Waals surface area contributed by atoms with E-state index in [0.29, 0.717) is 12.6 Å². The van der Waals surface area contributed by atoms with Crippen LogP contribution in [0.15, 0.2) is 24.3 Å². The largest absolute Gasteiger partial charge is 0.395 e. The number of amides is 2. The van der Waals surface area contributed by atoms with E-state index in [1.807, 2.05) is 31.2 Å². The Morgan fingerprint density at radius 3 is 2.63 bits per heavy atom. The fourth-order valence-electron chi connectivity index (χ4n) is 1.83. The van der Waals surface area contributed by atoms with Gasteiger partial charge in [0.2, 0.25) is 0 Å². The summed E-state index contributed by atoms with van der Waals surface area (Å²) in [5.74, 6) is 0. The summed E-state index contributed by atoms with van der Waals surface area (Å²) < 4.78 is 0. The molecule has 2 amide bonds. The molecule has 2 rings (SSSR count). The highest BCUT2D eigenvalue weighted by Gasteiger charge is 2.23. The van der Waals surface area contributed by atoms with Crippen molar-refractivity contribution in [1.82, 2.24) is 10.6 Å². The molecule has 5 heteroatoms. The minimum Gasteiger partial charge on any atom is -0.395 e. The molecule has 1 atom stereocenters. The third-order valence-corrected chi connectivity index (χ3v) is 3.14. The van der Waals surface area contributed by atoms with E-state index in [2.05, 4.69) is 16.0 Å². The zero-order chi connectivity index (χ0) is 13.7. The molecule has 1 aliphatic rings. The number of urea groups is 1. The Balaban J connectivity index is 1.84. The summed E-state index contributed by atoms with van der Waals surface area (Å²) in [5.41, 5.74) is 1.91. The highest BCUT2D eigenvalue weighted by molar-refractivity contribution is 5.89. The molecule has 1 aliphatic carbocycles. The first-order valence-corrected chi connectivity index (χ1v) is 6.71. The fourth-order valence-corrected chi connectivity index (χ4v) is 1.83. The summed E-state index contributed by atoms with van der Waals surface area (Å²) >= 11 is 0. The molecule has 0 heterocycles. The van der Waals surface area contributed by atoms with Gasteiger partial charge in [-0.25, -0.2) is 4.79 Å². The molecule has 4 N–H and O–H groups in total. The molecule has 0 saturated heterocycles. The summed E-state index contributed by atoms with van der Waals surface area (Å²) in [4.78, 5) is 11.6. The third kappa shape index (κ3) is 4.54. The fraction of sp³-hybridized carbons (Fsp3) is 0.500. The van der Waals surface area contributed by atoms with Gasteiger partial charge in [-0.3, -0.25) is 0 Å². The van der Waals surface area contributed by atoms with Crippen molar-refractivity contribution in [3.63, 3.8) is 0 Å². The monoisotopic (exact) mass is 263 g/mol. The first-order chi connectivity index (χ1) is 9.19. The molecule has 0 bridgehead atoms. The predicted octanol–water partition coefficient (Wildman–Crippen LogP) is 1.61. The second-order valence-corrected chi connectivity index (χ2v) is 4.89. The Hall–Kier alpha value is -1.59. The molecule has 1 unspecified atom stereocenters. The maximum atomic E-state index is 11.6. The lowest BCUT2D eigenvalue weighted by Crippen LogP contribution is -2.30. The zero-order valence-electron chi connectivity index (χ0n) is 11.1. The molecular weight excluding hydrogens is 242 g/mol. The van der Waals surface area contributed by atoms with Gasteiger partial charge in [0.15, 0.2) is 0 Å². The third-order valence-electron chi connectivity index (χ3n) is 3.14. The van der Waals surface area contributed by atoms with E-state index in [9.17, 15) is 4.79 Å². The Bertz CT molecular complexity index is 415. The van der Waals surface area contributed by atoms with Crippen LogP contribution in [0.1, 0.15) is 31.4 Å². The van der Waals surface area contributed by atoms with Gasteiger partial charge in [0, 0.05) is 24.3 Å². The molecule has 104 valence electrons. The van der Waals surface area contributed by atoms with Gasteiger partial charge in [-0.2, -0.15) is 0 Å². The smallest absolute Gasteiger partial charge is 0.319 e. The van der Waals surface area contributed by atoms with E-state index >= 15 is 0 Å². The lowest BCUT2D eigenvalue weighted by atomic mass is 10.1. The summed E-state index contributed by atoms with van der Waals surface area (Å²) in [6, 6.07) is 8.13. The van der Waals surface area contributed by atoms with Crippen molar-refractivity contribution in [2.45, 2.75) is 31.8 Å².